The summed E-state index contributed by atoms with van der Waals surface area (Å²) in [6.45, 7) is 4.05. The lowest BCUT2D eigenvalue weighted by atomic mass is 10.0. The number of nitrogens with two attached hydrogens (primary N) is 1. The minimum absolute atomic E-state index is 0.0421. The molecule has 1 heterocycles. The highest BCUT2D eigenvalue weighted by Gasteiger charge is 2.24. The highest BCUT2D eigenvalue weighted by molar-refractivity contribution is 8.01. The van der Waals surface area contributed by atoms with Crippen LogP contribution in [-0.4, -0.2) is 23.3 Å². The van der Waals surface area contributed by atoms with Crippen molar-refractivity contribution in [3.05, 3.63) is 34.8 Å². The molecule has 0 amide bonds. The standard InChI is InChI=1S/C14H19N3OS2/c1-4-11(15)13(20-14-17-16-9(2)19-14)10-7-5-6-8-12(10)18-3/h5-8,11,13H,4,15H2,1-3H3. The highest BCUT2D eigenvalue weighted by Crippen LogP contribution is 2.42. The second kappa shape index (κ2) is 7.06. The predicted molar refractivity (Wildman–Crippen MR) is 84.5 cm³/mol. The topological polar surface area (TPSA) is 61.0 Å². The summed E-state index contributed by atoms with van der Waals surface area (Å²) in [4.78, 5) is 0. The fraction of sp³-hybridized carbons (Fsp3) is 0.429. The van der Waals surface area contributed by atoms with Gasteiger partial charge in [0.05, 0.1) is 12.4 Å². The maximum absolute atomic E-state index is 6.31. The molecule has 0 aliphatic heterocycles. The van der Waals surface area contributed by atoms with Crippen molar-refractivity contribution in [1.82, 2.24) is 10.2 Å². The van der Waals surface area contributed by atoms with Gasteiger partial charge in [-0.15, -0.1) is 10.2 Å². The zero-order valence-electron chi connectivity index (χ0n) is 11.9. The SMILES string of the molecule is CCC(N)C(Sc1nnc(C)s1)c1ccccc1OC. The second-order valence-electron chi connectivity index (χ2n) is 4.44. The van der Waals surface area contributed by atoms with E-state index in [0.29, 0.717) is 0 Å². The highest BCUT2D eigenvalue weighted by atomic mass is 32.2. The quantitative estimate of drug-likeness (QED) is 0.828. The third kappa shape index (κ3) is 3.50. The summed E-state index contributed by atoms with van der Waals surface area (Å²) in [5.74, 6) is 0.870. The Kier molecular flexibility index (Phi) is 5.39. The average molecular weight is 309 g/mol. The molecule has 0 aliphatic carbocycles. The third-order valence-corrected chi connectivity index (χ3v) is 5.35. The van der Waals surface area contributed by atoms with Gasteiger partial charge in [0.15, 0.2) is 4.34 Å². The summed E-state index contributed by atoms with van der Waals surface area (Å²) >= 11 is 3.26. The lowest BCUT2D eigenvalue weighted by molar-refractivity contribution is 0.407. The van der Waals surface area contributed by atoms with Crippen LogP contribution in [0, 0.1) is 6.92 Å². The molecule has 6 heteroatoms. The smallest absolute Gasteiger partial charge is 0.174 e. The molecule has 2 atom stereocenters. The Bertz CT molecular complexity index is 559. The van der Waals surface area contributed by atoms with Crippen LogP contribution in [-0.2, 0) is 0 Å². The molecule has 1 aromatic heterocycles. The Hall–Kier alpha value is -1.11. The van der Waals surface area contributed by atoms with Crippen molar-refractivity contribution in [2.45, 2.75) is 35.9 Å². The Labute approximate surface area is 127 Å². The first-order chi connectivity index (χ1) is 9.65. The zero-order chi connectivity index (χ0) is 14.5. The summed E-state index contributed by atoms with van der Waals surface area (Å²) in [5.41, 5.74) is 7.42. The maximum Gasteiger partial charge on any atom is 0.174 e. The second-order valence-corrected chi connectivity index (χ2v) is 7.01. The van der Waals surface area contributed by atoms with Gasteiger partial charge in [0.2, 0.25) is 0 Å². The molecule has 4 nitrogen and oxygen atoms in total. The van der Waals surface area contributed by atoms with Crippen molar-refractivity contribution in [3.8, 4) is 5.75 Å². The summed E-state index contributed by atoms with van der Waals surface area (Å²) in [7, 11) is 1.69. The minimum atomic E-state index is 0.0421. The van der Waals surface area contributed by atoms with Gasteiger partial charge in [-0.2, -0.15) is 0 Å². The molecule has 2 unspecified atom stereocenters. The summed E-state index contributed by atoms with van der Waals surface area (Å²) in [6.07, 6.45) is 0.896. The molecule has 20 heavy (non-hydrogen) atoms. The molecule has 108 valence electrons. The van der Waals surface area contributed by atoms with Crippen LogP contribution in [0.2, 0.25) is 0 Å². The Morgan fingerprint density at radius 3 is 2.70 bits per heavy atom. The lowest BCUT2D eigenvalue weighted by Gasteiger charge is -2.23. The van der Waals surface area contributed by atoms with Crippen LogP contribution in [0.3, 0.4) is 0 Å². The Morgan fingerprint density at radius 2 is 2.10 bits per heavy atom. The zero-order valence-corrected chi connectivity index (χ0v) is 13.5. The van der Waals surface area contributed by atoms with Crippen LogP contribution in [0.5, 0.6) is 5.75 Å². The summed E-state index contributed by atoms with van der Waals surface area (Å²) in [6, 6.07) is 8.06. The molecule has 2 rings (SSSR count). The molecular weight excluding hydrogens is 290 g/mol. The van der Waals surface area contributed by atoms with E-state index < -0.39 is 0 Å². The lowest BCUT2D eigenvalue weighted by Crippen LogP contribution is -2.26. The van der Waals surface area contributed by atoms with E-state index in [1.54, 1.807) is 30.2 Å². The molecule has 1 aromatic carbocycles. The van der Waals surface area contributed by atoms with Crippen LogP contribution < -0.4 is 10.5 Å². The van der Waals surface area contributed by atoms with Gasteiger partial charge in [-0.25, -0.2) is 0 Å². The minimum Gasteiger partial charge on any atom is -0.496 e. The fourth-order valence-corrected chi connectivity index (χ4v) is 4.21. The van der Waals surface area contributed by atoms with Crippen LogP contribution >= 0.6 is 23.1 Å². The van der Waals surface area contributed by atoms with E-state index in [1.807, 2.05) is 25.1 Å². The fourth-order valence-electron chi connectivity index (χ4n) is 1.93. The number of aryl methyl sites for hydroxylation is 1. The molecule has 0 fully saturated rings. The van der Waals surface area contributed by atoms with E-state index in [0.717, 1.165) is 27.1 Å². The van der Waals surface area contributed by atoms with Crippen molar-refractivity contribution in [2.24, 2.45) is 5.73 Å². The van der Waals surface area contributed by atoms with Crippen molar-refractivity contribution >= 4 is 23.1 Å². The van der Waals surface area contributed by atoms with E-state index in [4.69, 9.17) is 10.5 Å². The number of ether oxygens (including phenoxy) is 1. The molecule has 0 radical (unpaired) electrons. The van der Waals surface area contributed by atoms with Gasteiger partial charge in [-0.05, 0) is 19.4 Å². The van der Waals surface area contributed by atoms with E-state index in [1.165, 1.54) is 0 Å². The molecular formula is C14H19N3OS2. The first-order valence-electron chi connectivity index (χ1n) is 6.51. The monoisotopic (exact) mass is 309 g/mol. The Morgan fingerprint density at radius 1 is 1.35 bits per heavy atom. The largest absolute Gasteiger partial charge is 0.496 e. The first kappa shape index (κ1) is 15.3. The van der Waals surface area contributed by atoms with Crippen LogP contribution in [0.1, 0.15) is 29.2 Å². The molecule has 0 saturated carbocycles. The Balaban J connectivity index is 2.32. The van der Waals surface area contributed by atoms with Gasteiger partial charge < -0.3 is 10.5 Å². The van der Waals surface area contributed by atoms with Crippen molar-refractivity contribution in [1.29, 1.82) is 0 Å². The molecule has 2 N–H and O–H groups in total. The molecule has 0 bridgehead atoms. The summed E-state index contributed by atoms with van der Waals surface area (Å²) in [5, 5.41) is 9.34. The normalized spacial score (nSPS) is 14.0. The molecule has 2 aromatic rings. The van der Waals surface area contributed by atoms with Gasteiger partial charge in [0.1, 0.15) is 10.8 Å². The molecule has 0 spiro atoms. The van der Waals surface area contributed by atoms with Crippen molar-refractivity contribution in [3.63, 3.8) is 0 Å². The number of rotatable bonds is 6. The number of aromatic nitrogens is 2. The van der Waals surface area contributed by atoms with Gasteiger partial charge in [-0.1, -0.05) is 48.2 Å². The van der Waals surface area contributed by atoms with E-state index >= 15 is 0 Å². The van der Waals surface area contributed by atoms with Gasteiger partial charge >= 0.3 is 0 Å². The van der Waals surface area contributed by atoms with Gasteiger partial charge in [-0.3, -0.25) is 0 Å². The van der Waals surface area contributed by atoms with Crippen LogP contribution in [0.4, 0.5) is 0 Å². The number of benzene rings is 1. The number of para-hydroxylation sites is 1. The van der Waals surface area contributed by atoms with Gasteiger partial charge in [0.25, 0.3) is 0 Å². The number of nitrogens with zero attached hydrogens (tertiary/aromatic N) is 2. The first-order valence-corrected chi connectivity index (χ1v) is 8.20. The van der Waals surface area contributed by atoms with Gasteiger partial charge in [0, 0.05) is 11.6 Å². The van der Waals surface area contributed by atoms with Crippen molar-refractivity contribution < 1.29 is 4.74 Å². The van der Waals surface area contributed by atoms with Crippen LogP contribution in [0.25, 0.3) is 0 Å². The summed E-state index contributed by atoms with van der Waals surface area (Å²) < 4.78 is 6.41. The van der Waals surface area contributed by atoms with E-state index in [2.05, 4.69) is 23.2 Å². The third-order valence-electron chi connectivity index (χ3n) is 3.04. The van der Waals surface area contributed by atoms with Crippen molar-refractivity contribution in [2.75, 3.05) is 7.11 Å². The van der Waals surface area contributed by atoms with E-state index in [9.17, 15) is 0 Å². The molecule has 0 saturated heterocycles. The average Bonchev–Trinajstić information content (AvgIpc) is 2.89. The maximum atomic E-state index is 6.31. The predicted octanol–water partition coefficient (Wildman–Crippen LogP) is 3.43. The molecule has 0 aliphatic rings. The number of hydrogen-bond acceptors (Lipinski definition) is 6. The van der Waals surface area contributed by atoms with E-state index in [-0.39, 0.29) is 11.3 Å². The number of thioether (sulfide) groups is 1. The number of hydrogen-bond donors (Lipinski definition) is 1. The number of methoxy groups -OCH3 is 1. The van der Waals surface area contributed by atoms with Crippen LogP contribution in [0.15, 0.2) is 28.6 Å².